The average Bonchev–Trinajstić information content (AvgIpc) is 3.26. The lowest BCUT2D eigenvalue weighted by molar-refractivity contribution is -0.115. The van der Waals surface area contributed by atoms with Gasteiger partial charge in [-0.15, -0.1) is 0 Å². The van der Waals surface area contributed by atoms with Crippen LogP contribution in [0, 0.1) is 6.92 Å². The lowest BCUT2D eigenvalue weighted by Crippen LogP contribution is -2.19. The van der Waals surface area contributed by atoms with Crippen molar-refractivity contribution >= 4 is 73.7 Å². The minimum Gasteiger partial charge on any atom is -0.457 e. The van der Waals surface area contributed by atoms with Gasteiger partial charge in [0.1, 0.15) is 11.5 Å². The molecule has 4 rings (SSSR count). The molecule has 1 saturated heterocycles. The molecular weight excluding hydrogens is 495 g/mol. The van der Waals surface area contributed by atoms with Crippen molar-refractivity contribution in [1.29, 1.82) is 0 Å². The Morgan fingerprint density at radius 1 is 1.17 bits per heavy atom. The van der Waals surface area contributed by atoms with Crippen LogP contribution >= 0.6 is 50.9 Å². The van der Waals surface area contributed by atoms with Crippen molar-refractivity contribution in [3.05, 3.63) is 79.3 Å². The molecule has 0 aliphatic carbocycles. The van der Waals surface area contributed by atoms with E-state index in [1.807, 2.05) is 37.3 Å². The fourth-order valence-corrected chi connectivity index (χ4v) is 4.53. The number of amides is 1. The van der Waals surface area contributed by atoms with Gasteiger partial charge in [0.2, 0.25) is 0 Å². The normalized spacial score (nSPS) is 16.6. The molecule has 29 heavy (non-hydrogen) atoms. The summed E-state index contributed by atoms with van der Waals surface area (Å²) in [4.78, 5) is 17.2. The summed E-state index contributed by atoms with van der Waals surface area (Å²) in [7, 11) is 0. The quantitative estimate of drug-likeness (QED) is 0.381. The predicted octanol–water partition coefficient (Wildman–Crippen LogP) is 7.22. The molecule has 0 unspecified atom stereocenters. The highest BCUT2D eigenvalue weighted by molar-refractivity contribution is 9.10. The Morgan fingerprint density at radius 3 is 2.79 bits per heavy atom. The number of halogens is 3. The second-order valence-electron chi connectivity index (χ2n) is 6.24. The number of rotatable bonds is 3. The number of nitrogens with zero attached hydrogens (tertiary/aromatic N) is 1. The van der Waals surface area contributed by atoms with Gasteiger partial charge < -0.3 is 9.73 Å². The minimum absolute atomic E-state index is 0.249. The van der Waals surface area contributed by atoms with Crippen LogP contribution in [-0.4, -0.2) is 11.1 Å². The third-order valence-corrected chi connectivity index (χ3v) is 6.47. The van der Waals surface area contributed by atoms with Crippen molar-refractivity contribution in [2.24, 2.45) is 4.99 Å². The molecule has 0 spiro atoms. The average molecular weight is 508 g/mol. The summed E-state index contributed by atoms with van der Waals surface area (Å²) in [5.74, 6) is 1.04. The van der Waals surface area contributed by atoms with E-state index in [1.165, 1.54) is 11.8 Å². The molecule has 0 atom stereocenters. The van der Waals surface area contributed by atoms with E-state index in [0.717, 1.165) is 15.6 Å². The lowest BCUT2D eigenvalue weighted by Gasteiger charge is -2.02. The van der Waals surface area contributed by atoms with Crippen LogP contribution in [0.1, 0.15) is 11.3 Å². The fourth-order valence-electron chi connectivity index (χ4n) is 2.69. The number of hydrogen-bond acceptors (Lipinski definition) is 4. The van der Waals surface area contributed by atoms with Gasteiger partial charge in [-0.3, -0.25) is 4.79 Å². The van der Waals surface area contributed by atoms with Gasteiger partial charge in [-0.2, -0.15) is 0 Å². The van der Waals surface area contributed by atoms with Crippen molar-refractivity contribution in [2.75, 3.05) is 0 Å². The summed E-state index contributed by atoms with van der Waals surface area (Å²) in [5, 5.41) is 3.90. The zero-order valence-electron chi connectivity index (χ0n) is 15.0. The van der Waals surface area contributed by atoms with Crippen LogP contribution in [0.15, 0.2) is 67.3 Å². The van der Waals surface area contributed by atoms with Crippen molar-refractivity contribution in [3.8, 4) is 11.3 Å². The first-order valence-corrected chi connectivity index (χ1v) is 10.9. The Hall–Kier alpha value is -1.99. The van der Waals surface area contributed by atoms with Gasteiger partial charge in [-0.1, -0.05) is 51.3 Å². The van der Waals surface area contributed by atoms with Crippen molar-refractivity contribution in [2.45, 2.75) is 6.92 Å². The number of aliphatic imine (C=N–C) groups is 1. The fraction of sp³-hybridized carbons (Fsp3) is 0.0476. The van der Waals surface area contributed by atoms with Crippen molar-refractivity contribution in [3.63, 3.8) is 0 Å². The highest BCUT2D eigenvalue weighted by atomic mass is 79.9. The summed E-state index contributed by atoms with van der Waals surface area (Å²) in [6, 6.07) is 14.9. The van der Waals surface area contributed by atoms with E-state index in [0.29, 0.717) is 37.3 Å². The highest BCUT2D eigenvalue weighted by Gasteiger charge is 2.25. The van der Waals surface area contributed by atoms with E-state index in [9.17, 15) is 4.79 Å². The van der Waals surface area contributed by atoms with Crippen molar-refractivity contribution in [1.82, 2.24) is 5.32 Å². The highest BCUT2D eigenvalue weighted by Crippen LogP contribution is 2.35. The Bertz CT molecular complexity index is 1190. The van der Waals surface area contributed by atoms with E-state index in [4.69, 9.17) is 27.6 Å². The van der Waals surface area contributed by atoms with Gasteiger partial charge >= 0.3 is 0 Å². The Morgan fingerprint density at radius 2 is 2.00 bits per heavy atom. The van der Waals surface area contributed by atoms with Crippen molar-refractivity contribution < 1.29 is 9.21 Å². The van der Waals surface area contributed by atoms with E-state index in [-0.39, 0.29) is 5.91 Å². The zero-order chi connectivity index (χ0) is 20.5. The number of aryl methyl sites for hydroxylation is 1. The molecule has 1 aromatic heterocycles. The number of furan rings is 1. The molecule has 1 N–H and O–H groups in total. The number of thioether (sulfide) groups is 1. The lowest BCUT2D eigenvalue weighted by atomic mass is 10.1. The van der Waals surface area contributed by atoms with Crippen LogP contribution in [0.4, 0.5) is 5.69 Å². The van der Waals surface area contributed by atoms with Crippen LogP contribution in [0.2, 0.25) is 10.0 Å². The molecule has 1 fully saturated rings. The third kappa shape index (κ3) is 4.46. The molecule has 146 valence electrons. The second kappa shape index (κ2) is 8.40. The first-order valence-electron chi connectivity index (χ1n) is 8.50. The van der Waals surface area contributed by atoms with Crippen LogP contribution in [0.5, 0.6) is 0 Å². The van der Waals surface area contributed by atoms with Gasteiger partial charge in [0.05, 0.1) is 20.6 Å². The number of benzene rings is 2. The van der Waals surface area contributed by atoms with E-state index < -0.39 is 0 Å². The van der Waals surface area contributed by atoms with Gasteiger partial charge in [-0.05, 0) is 60.6 Å². The van der Waals surface area contributed by atoms with Crippen LogP contribution < -0.4 is 5.32 Å². The maximum Gasteiger partial charge on any atom is 0.264 e. The summed E-state index contributed by atoms with van der Waals surface area (Å²) >= 11 is 17.0. The van der Waals surface area contributed by atoms with Crippen LogP contribution in [0.25, 0.3) is 17.4 Å². The molecule has 0 saturated carbocycles. The minimum atomic E-state index is -0.249. The molecule has 1 amide bonds. The summed E-state index contributed by atoms with van der Waals surface area (Å²) in [6.45, 7) is 2.03. The molecule has 1 aliphatic rings. The predicted molar refractivity (Wildman–Crippen MR) is 124 cm³/mol. The molecular formula is C21H13BrCl2N2O2S. The van der Waals surface area contributed by atoms with E-state index in [2.05, 4.69) is 26.2 Å². The van der Waals surface area contributed by atoms with Gasteiger partial charge in [0, 0.05) is 16.1 Å². The molecule has 8 heteroatoms. The van der Waals surface area contributed by atoms with E-state index >= 15 is 0 Å². The number of amidine groups is 1. The molecule has 0 bridgehead atoms. The molecule has 0 radical (unpaired) electrons. The summed E-state index contributed by atoms with van der Waals surface area (Å²) < 4.78 is 6.86. The van der Waals surface area contributed by atoms with Crippen LogP contribution in [0.3, 0.4) is 0 Å². The Labute approximate surface area is 190 Å². The third-order valence-electron chi connectivity index (χ3n) is 4.09. The summed E-state index contributed by atoms with van der Waals surface area (Å²) in [5.41, 5.74) is 2.59. The number of carbonyl (C=O) groups is 1. The number of carbonyl (C=O) groups excluding carboxylic acids is 1. The molecule has 3 aromatic rings. The molecule has 1 aliphatic heterocycles. The van der Waals surface area contributed by atoms with Gasteiger partial charge in [-0.25, -0.2) is 4.99 Å². The Balaban J connectivity index is 1.58. The first-order chi connectivity index (χ1) is 13.9. The first kappa shape index (κ1) is 20.3. The van der Waals surface area contributed by atoms with E-state index in [1.54, 1.807) is 24.3 Å². The number of hydrogen-bond donors (Lipinski definition) is 1. The number of nitrogens with one attached hydrogen (secondary N) is 1. The smallest absolute Gasteiger partial charge is 0.264 e. The zero-order valence-corrected chi connectivity index (χ0v) is 18.9. The Kier molecular flexibility index (Phi) is 5.88. The maximum absolute atomic E-state index is 12.3. The van der Waals surface area contributed by atoms with Gasteiger partial charge in [0.15, 0.2) is 5.17 Å². The monoisotopic (exact) mass is 506 g/mol. The summed E-state index contributed by atoms with van der Waals surface area (Å²) in [6.07, 6.45) is 1.69. The van der Waals surface area contributed by atoms with Gasteiger partial charge in [0.25, 0.3) is 5.91 Å². The standard InChI is InChI=1S/C21H13BrCl2N2O2S/c1-11-5-7-13(14(22)9-11)17-8-6-12(28-17)10-18-20(27)26-21(29-18)25-16-4-2-3-15(23)19(16)24/h2-10H,1H3,(H,25,26,27)/b18-10+. The van der Waals surface area contributed by atoms with Crippen LogP contribution in [-0.2, 0) is 4.79 Å². The topological polar surface area (TPSA) is 54.6 Å². The molecule has 4 nitrogen and oxygen atoms in total. The molecule has 2 heterocycles. The maximum atomic E-state index is 12.3. The molecule has 2 aromatic carbocycles. The largest absolute Gasteiger partial charge is 0.457 e. The second-order valence-corrected chi connectivity index (χ2v) is 8.91. The SMILES string of the molecule is Cc1ccc(-c2ccc(/C=C3/SC(=Nc4cccc(Cl)c4Cl)NC3=O)o2)c(Br)c1.